The van der Waals surface area contributed by atoms with E-state index in [0.29, 0.717) is 0 Å². The van der Waals surface area contributed by atoms with Crippen molar-refractivity contribution >= 4 is 27.0 Å². The van der Waals surface area contributed by atoms with Crippen LogP contribution in [0.2, 0.25) is 0 Å². The molecule has 0 aliphatic heterocycles. The second-order valence-electron chi connectivity index (χ2n) is 3.35. The molecule has 4 heteroatoms. The molecule has 2 aromatic rings. The van der Waals surface area contributed by atoms with E-state index in [2.05, 4.69) is 37.7 Å². The lowest BCUT2D eigenvalue weighted by Crippen LogP contribution is -1.86. The predicted octanol–water partition coefficient (Wildman–Crippen LogP) is 2.84. The zero-order valence-corrected chi connectivity index (χ0v) is 9.43. The summed E-state index contributed by atoms with van der Waals surface area (Å²) in [7, 11) is 0. The Balaban J connectivity index is 2.55. The molecule has 2 rings (SSSR count). The molecular weight excluding hydrogens is 242 g/mol. The van der Waals surface area contributed by atoms with E-state index >= 15 is 0 Å². The Morgan fingerprint density at radius 2 is 2.43 bits per heavy atom. The summed E-state index contributed by atoms with van der Waals surface area (Å²) in [5, 5.41) is 8.16. The first-order valence-electron chi connectivity index (χ1n) is 4.29. The summed E-state index contributed by atoms with van der Waals surface area (Å²) in [6.07, 6.45) is 2.54. The van der Waals surface area contributed by atoms with Crippen LogP contribution >= 0.6 is 15.9 Å². The number of aromatic amines is 1. The summed E-state index contributed by atoms with van der Waals surface area (Å²) in [4.78, 5) is 4.21. The van der Waals surface area contributed by atoms with Crippen LogP contribution in [0.15, 0.2) is 28.9 Å². The quantitative estimate of drug-likeness (QED) is 0.835. The summed E-state index contributed by atoms with van der Waals surface area (Å²) in [5.74, 6) is 0. The lowest BCUT2D eigenvalue weighted by atomic mass is 10.1. The number of pyridine rings is 1. The van der Waals surface area contributed by atoms with Gasteiger partial charge in [-0.1, -0.05) is 12.2 Å². The minimum absolute atomic E-state index is 0.790. The maximum atomic E-state index is 4.21. The summed E-state index contributed by atoms with van der Waals surface area (Å²) in [5.41, 5.74) is 2.92. The third-order valence-corrected chi connectivity index (χ3v) is 2.36. The number of halogens is 1. The number of fused-ring (bicyclic) bond motifs is 1. The van der Waals surface area contributed by atoms with Crippen molar-refractivity contribution in [1.29, 1.82) is 0 Å². The number of hydrogen-bond acceptors (Lipinski definition) is 2. The molecular formula is C10H10BrN3. The Bertz CT molecular complexity index is 487. The van der Waals surface area contributed by atoms with Crippen LogP contribution in [0.1, 0.15) is 12.6 Å². The minimum Gasteiger partial charge on any atom is -0.261 e. The maximum absolute atomic E-state index is 4.21. The van der Waals surface area contributed by atoms with Crippen molar-refractivity contribution in [1.82, 2.24) is 15.2 Å². The van der Waals surface area contributed by atoms with Gasteiger partial charge in [-0.15, -0.1) is 0 Å². The average molecular weight is 252 g/mol. The molecule has 0 unspecified atom stereocenters. The highest BCUT2D eigenvalue weighted by Crippen LogP contribution is 2.20. The van der Waals surface area contributed by atoms with Gasteiger partial charge in [-0.2, -0.15) is 5.10 Å². The van der Waals surface area contributed by atoms with Crippen molar-refractivity contribution in [3.05, 3.63) is 34.6 Å². The highest BCUT2D eigenvalue weighted by atomic mass is 79.9. The van der Waals surface area contributed by atoms with E-state index < -0.39 is 0 Å². The van der Waals surface area contributed by atoms with Crippen LogP contribution in [0.3, 0.4) is 0 Å². The highest BCUT2D eigenvalue weighted by Gasteiger charge is 2.06. The fourth-order valence-electron chi connectivity index (χ4n) is 1.35. The molecule has 0 atom stereocenters. The van der Waals surface area contributed by atoms with Crippen molar-refractivity contribution in [2.24, 2.45) is 0 Å². The van der Waals surface area contributed by atoms with Crippen LogP contribution in [-0.4, -0.2) is 15.2 Å². The molecule has 2 aromatic heterocycles. The third kappa shape index (κ3) is 1.70. The molecule has 1 N–H and O–H groups in total. The lowest BCUT2D eigenvalue weighted by molar-refractivity contribution is 0.995. The molecule has 3 nitrogen and oxygen atoms in total. The number of nitrogens with zero attached hydrogens (tertiary/aromatic N) is 2. The molecule has 0 bridgehead atoms. The third-order valence-electron chi connectivity index (χ3n) is 1.93. The topological polar surface area (TPSA) is 41.6 Å². The van der Waals surface area contributed by atoms with E-state index in [1.807, 2.05) is 13.0 Å². The zero-order chi connectivity index (χ0) is 10.1. The molecule has 0 spiro atoms. The lowest BCUT2D eigenvalue weighted by Gasteiger charge is -1.95. The number of hydrogen-bond donors (Lipinski definition) is 1. The smallest absolute Gasteiger partial charge is 0.155 e. The van der Waals surface area contributed by atoms with Crippen LogP contribution in [-0.2, 0) is 6.42 Å². The number of allylic oxidation sites excluding steroid dienone is 1. The van der Waals surface area contributed by atoms with Crippen LogP contribution in [0.25, 0.3) is 11.0 Å². The van der Waals surface area contributed by atoms with Gasteiger partial charge in [0.05, 0.1) is 5.69 Å². The number of H-pyrrole nitrogens is 1. The second-order valence-corrected chi connectivity index (χ2v) is 4.27. The predicted molar refractivity (Wildman–Crippen MR) is 60.1 cm³/mol. The van der Waals surface area contributed by atoms with Gasteiger partial charge in [0.25, 0.3) is 0 Å². The van der Waals surface area contributed by atoms with Crippen molar-refractivity contribution in [2.45, 2.75) is 13.3 Å². The van der Waals surface area contributed by atoms with Gasteiger partial charge in [-0.3, -0.25) is 5.10 Å². The monoisotopic (exact) mass is 251 g/mol. The molecule has 0 fully saturated rings. The van der Waals surface area contributed by atoms with Gasteiger partial charge in [-0.05, 0) is 28.9 Å². The summed E-state index contributed by atoms with van der Waals surface area (Å²) in [6.45, 7) is 5.87. The van der Waals surface area contributed by atoms with E-state index in [1.165, 1.54) is 0 Å². The first-order chi connectivity index (χ1) is 6.66. The number of aromatic nitrogens is 3. The summed E-state index contributed by atoms with van der Waals surface area (Å²) < 4.78 is 0.967. The average Bonchev–Trinajstić information content (AvgIpc) is 2.47. The summed E-state index contributed by atoms with van der Waals surface area (Å²) in [6, 6.07) is 2.02. The van der Waals surface area contributed by atoms with E-state index in [-0.39, 0.29) is 0 Å². The van der Waals surface area contributed by atoms with E-state index in [9.17, 15) is 0 Å². The van der Waals surface area contributed by atoms with E-state index in [4.69, 9.17) is 0 Å². The zero-order valence-electron chi connectivity index (χ0n) is 7.84. The molecule has 2 heterocycles. The molecule has 0 aliphatic rings. The molecule has 14 heavy (non-hydrogen) atoms. The Labute approximate surface area is 90.4 Å². The van der Waals surface area contributed by atoms with E-state index in [1.54, 1.807) is 6.20 Å². The fraction of sp³-hybridized carbons (Fsp3) is 0.200. The number of nitrogens with one attached hydrogen (secondary N) is 1. The standard InChI is InChI=1S/C10H10BrN3/c1-6(2)3-9-8-4-7(11)5-12-10(8)14-13-9/h4-5H,1,3H2,2H3,(H,12,13,14). The van der Waals surface area contributed by atoms with E-state index in [0.717, 1.165) is 33.2 Å². The Hall–Kier alpha value is -1.16. The van der Waals surface area contributed by atoms with Crippen molar-refractivity contribution in [3.8, 4) is 0 Å². The second kappa shape index (κ2) is 3.53. The van der Waals surface area contributed by atoms with Crippen LogP contribution in [0.5, 0.6) is 0 Å². The molecule has 0 aliphatic carbocycles. The molecule has 0 saturated heterocycles. The van der Waals surface area contributed by atoms with Crippen LogP contribution < -0.4 is 0 Å². The molecule has 0 amide bonds. The Kier molecular flexibility index (Phi) is 2.37. The maximum Gasteiger partial charge on any atom is 0.155 e. The summed E-state index contributed by atoms with van der Waals surface area (Å²) >= 11 is 3.39. The van der Waals surface area contributed by atoms with Gasteiger partial charge in [0.1, 0.15) is 0 Å². The van der Waals surface area contributed by atoms with Gasteiger partial charge in [0.15, 0.2) is 5.65 Å². The van der Waals surface area contributed by atoms with Crippen molar-refractivity contribution < 1.29 is 0 Å². The first-order valence-corrected chi connectivity index (χ1v) is 5.09. The van der Waals surface area contributed by atoms with Gasteiger partial charge < -0.3 is 0 Å². The Morgan fingerprint density at radius 3 is 3.14 bits per heavy atom. The molecule has 0 saturated carbocycles. The first kappa shape index (κ1) is 9.40. The van der Waals surface area contributed by atoms with Gasteiger partial charge in [0, 0.05) is 22.5 Å². The highest BCUT2D eigenvalue weighted by molar-refractivity contribution is 9.10. The van der Waals surface area contributed by atoms with Crippen LogP contribution in [0.4, 0.5) is 0 Å². The van der Waals surface area contributed by atoms with Crippen LogP contribution in [0, 0.1) is 0 Å². The molecule has 0 radical (unpaired) electrons. The van der Waals surface area contributed by atoms with Crippen molar-refractivity contribution in [3.63, 3.8) is 0 Å². The SMILES string of the molecule is C=C(C)Cc1n[nH]c2ncc(Br)cc12. The van der Waals surface area contributed by atoms with Gasteiger partial charge >= 0.3 is 0 Å². The molecule has 0 aromatic carbocycles. The Morgan fingerprint density at radius 1 is 1.64 bits per heavy atom. The van der Waals surface area contributed by atoms with Gasteiger partial charge in [0.2, 0.25) is 0 Å². The number of rotatable bonds is 2. The fourth-order valence-corrected chi connectivity index (χ4v) is 1.68. The minimum atomic E-state index is 0.790. The van der Waals surface area contributed by atoms with Crippen molar-refractivity contribution in [2.75, 3.05) is 0 Å². The van der Waals surface area contributed by atoms with Gasteiger partial charge in [-0.25, -0.2) is 4.98 Å². The largest absolute Gasteiger partial charge is 0.261 e. The molecule has 72 valence electrons. The normalized spacial score (nSPS) is 10.7.